The van der Waals surface area contributed by atoms with E-state index in [-0.39, 0.29) is 0 Å². The molecule has 1 aromatic carbocycles. The third kappa shape index (κ3) is 3.80. The van der Waals surface area contributed by atoms with Crippen LogP contribution in [0.5, 0.6) is 0 Å². The SMILES string of the molecule is CCCNC(C)C(CC)c1ccc(Cl)cc1. The fourth-order valence-corrected chi connectivity index (χ4v) is 2.23. The zero-order valence-corrected chi connectivity index (χ0v) is 11.2. The second-order valence-electron chi connectivity index (χ2n) is 4.31. The Morgan fingerprint density at radius 1 is 1.19 bits per heavy atom. The molecule has 0 bridgehead atoms. The lowest BCUT2D eigenvalue weighted by Crippen LogP contribution is -2.32. The molecule has 0 amide bonds. The molecule has 1 N–H and O–H groups in total. The maximum Gasteiger partial charge on any atom is 0.0406 e. The van der Waals surface area contributed by atoms with Crippen LogP contribution in [0.15, 0.2) is 24.3 Å². The molecular weight excluding hydrogens is 218 g/mol. The second kappa shape index (κ2) is 6.93. The van der Waals surface area contributed by atoms with E-state index in [4.69, 9.17) is 11.6 Å². The van der Waals surface area contributed by atoms with Crippen LogP contribution >= 0.6 is 11.6 Å². The monoisotopic (exact) mass is 239 g/mol. The smallest absolute Gasteiger partial charge is 0.0406 e. The molecule has 2 atom stereocenters. The predicted molar refractivity (Wildman–Crippen MR) is 72.2 cm³/mol. The van der Waals surface area contributed by atoms with E-state index in [1.165, 1.54) is 12.0 Å². The minimum atomic E-state index is 0.520. The number of nitrogens with one attached hydrogen (secondary N) is 1. The number of rotatable bonds is 6. The summed E-state index contributed by atoms with van der Waals surface area (Å²) in [5.74, 6) is 0.573. The fourth-order valence-electron chi connectivity index (χ4n) is 2.10. The highest BCUT2D eigenvalue weighted by Gasteiger charge is 2.16. The number of hydrogen-bond donors (Lipinski definition) is 1. The topological polar surface area (TPSA) is 12.0 Å². The van der Waals surface area contributed by atoms with Crippen molar-refractivity contribution in [2.24, 2.45) is 0 Å². The molecule has 2 heteroatoms. The first-order valence-corrected chi connectivity index (χ1v) is 6.55. The van der Waals surface area contributed by atoms with Crippen LogP contribution in [-0.4, -0.2) is 12.6 Å². The Labute approximate surface area is 104 Å². The largest absolute Gasteiger partial charge is 0.314 e. The highest BCUT2D eigenvalue weighted by Crippen LogP contribution is 2.24. The van der Waals surface area contributed by atoms with Gasteiger partial charge < -0.3 is 5.32 Å². The molecule has 0 saturated carbocycles. The number of hydrogen-bond acceptors (Lipinski definition) is 1. The summed E-state index contributed by atoms with van der Waals surface area (Å²) < 4.78 is 0. The molecule has 0 aliphatic carbocycles. The van der Waals surface area contributed by atoms with Crippen molar-refractivity contribution in [2.75, 3.05) is 6.54 Å². The predicted octanol–water partition coefficient (Wildman–Crippen LogP) is 4.22. The molecule has 16 heavy (non-hydrogen) atoms. The average molecular weight is 240 g/mol. The summed E-state index contributed by atoms with van der Waals surface area (Å²) in [5.41, 5.74) is 1.38. The van der Waals surface area contributed by atoms with Crippen LogP contribution in [0.2, 0.25) is 5.02 Å². The molecule has 0 spiro atoms. The van der Waals surface area contributed by atoms with Gasteiger partial charge in [0, 0.05) is 11.1 Å². The van der Waals surface area contributed by atoms with Crippen molar-refractivity contribution in [1.29, 1.82) is 0 Å². The minimum Gasteiger partial charge on any atom is -0.314 e. The Hall–Kier alpha value is -0.530. The van der Waals surface area contributed by atoms with Gasteiger partial charge in [0.25, 0.3) is 0 Å². The molecule has 0 aliphatic heterocycles. The van der Waals surface area contributed by atoms with Gasteiger partial charge in [-0.2, -0.15) is 0 Å². The normalized spacial score (nSPS) is 14.8. The van der Waals surface area contributed by atoms with Gasteiger partial charge in [-0.25, -0.2) is 0 Å². The molecule has 1 rings (SSSR count). The summed E-state index contributed by atoms with van der Waals surface area (Å²) in [6, 6.07) is 8.76. The molecule has 0 saturated heterocycles. The lowest BCUT2D eigenvalue weighted by atomic mass is 9.90. The minimum absolute atomic E-state index is 0.520. The van der Waals surface area contributed by atoms with Gasteiger partial charge in [0.1, 0.15) is 0 Å². The van der Waals surface area contributed by atoms with Crippen LogP contribution in [-0.2, 0) is 0 Å². The van der Waals surface area contributed by atoms with E-state index >= 15 is 0 Å². The van der Waals surface area contributed by atoms with Crippen LogP contribution in [0.25, 0.3) is 0 Å². The van der Waals surface area contributed by atoms with Gasteiger partial charge in [0.05, 0.1) is 0 Å². The van der Waals surface area contributed by atoms with E-state index < -0.39 is 0 Å². The first-order valence-electron chi connectivity index (χ1n) is 6.17. The Bertz CT molecular complexity index is 294. The van der Waals surface area contributed by atoms with Crippen molar-refractivity contribution < 1.29 is 0 Å². The summed E-state index contributed by atoms with van der Waals surface area (Å²) in [5, 5.41) is 4.38. The van der Waals surface area contributed by atoms with Crippen LogP contribution in [0.4, 0.5) is 0 Å². The first-order chi connectivity index (χ1) is 7.69. The van der Waals surface area contributed by atoms with E-state index in [1.54, 1.807) is 0 Å². The van der Waals surface area contributed by atoms with Crippen molar-refractivity contribution in [3.8, 4) is 0 Å². The molecule has 0 heterocycles. The van der Waals surface area contributed by atoms with Gasteiger partial charge >= 0.3 is 0 Å². The van der Waals surface area contributed by atoms with Crippen molar-refractivity contribution in [3.05, 3.63) is 34.9 Å². The van der Waals surface area contributed by atoms with Gasteiger partial charge in [-0.1, -0.05) is 37.6 Å². The quantitative estimate of drug-likeness (QED) is 0.784. The molecule has 1 nitrogen and oxygen atoms in total. The number of benzene rings is 1. The Morgan fingerprint density at radius 2 is 1.81 bits per heavy atom. The zero-order valence-electron chi connectivity index (χ0n) is 10.5. The summed E-state index contributed by atoms with van der Waals surface area (Å²) in [4.78, 5) is 0. The Kier molecular flexibility index (Phi) is 5.86. The average Bonchev–Trinajstić information content (AvgIpc) is 2.30. The third-order valence-electron chi connectivity index (χ3n) is 3.06. The maximum atomic E-state index is 5.91. The van der Waals surface area contributed by atoms with E-state index in [1.807, 2.05) is 12.1 Å². The lowest BCUT2D eigenvalue weighted by Gasteiger charge is -2.24. The lowest BCUT2D eigenvalue weighted by molar-refractivity contribution is 0.450. The van der Waals surface area contributed by atoms with E-state index in [0.717, 1.165) is 18.0 Å². The van der Waals surface area contributed by atoms with Crippen LogP contribution in [0, 0.1) is 0 Å². The van der Waals surface area contributed by atoms with Crippen molar-refractivity contribution in [1.82, 2.24) is 5.32 Å². The van der Waals surface area contributed by atoms with Gasteiger partial charge in [-0.3, -0.25) is 0 Å². The Balaban J connectivity index is 2.69. The van der Waals surface area contributed by atoms with E-state index in [0.29, 0.717) is 12.0 Å². The van der Waals surface area contributed by atoms with Gasteiger partial charge in [-0.05, 0) is 49.9 Å². The summed E-state index contributed by atoms with van der Waals surface area (Å²) >= 11 is 5.91. The van der Waals surface area contributed by atoms with Crippen molar-refractivity contribution in [3.63, 3.8) is 0 Å². The zero-order chi connectivity index (χ0) is 12.0. The molecule has 2 unspecified atom stereocenters. The first kappa shape index (κ1) is 13.5. The molecule has 90 valence electrons. The van der Waals surface area contributed by atoms with Gasteiger partial charge in [-0.15, -0.1) is 0 Å². The third-order valence-corrected chi connectivity index (χ3v) is 3.31. The van der Waals surface area contributed by atoms with Gasteiger partial charge in [0.15, 0.2) is 0 Å². The van der Waals surface area contributed by atoms with Crippen LogP contribution in [0.1, 0.15) is 45.1 Å². The number of halogens is 1. The second-order valence-corrected chi connectivity index (χ2v) is 4.75. The maximum absolute atomic E-state index is 5.91. The summed E-state index contributed by atoms with van der Waals surface area (Å²) in [7, 11) is 0. The molecule has 0 aromatic heterocycles. The van der Waals surface area contributed by atoms with Gasteiger partial charge in [0.2, 0.25) is 0 Å². The van der Waals surface area contributed by atoms with E-state index in [9.17, 15) is 0 Å². The molecule has 0 fully saturated rings. The summed E-state index contributed by atoms with van der Waals surface area (Å²) in [6.45, 7) is 7.79. The molecule has 0 aliphatic rings. The van der Waals surface area contributed by atoms with E-state index in [2.05, 4.69) is 38.2 Å². The standard InChI is InChI=1S/C14H22ClN/c1-4-10-16-11(3)14(5-2)12-6-8-13(15)9-7-12/h6-9,11,14,16H,4-5,10H2,1-3H3. The van der Waals surface area contributed by atoms with Crippen molar-refractivity contribution in [2.45, 2.75) is 45.6 Å². The fraction of sp³-hybridized carbons (Fsp3) is 0.571. The molecular formula is C14H22ClN. The Morgan fingerprint density at radius 3 is 2.31 bits per heavy atom. The molecule has 1 aromatic rings. The van der Waals surface area contributed by atoms with Crippen molar-refractivity contribution >= 4 is 11.6 Å². The highest BCUT2D eigenvalue weighted by atomic mass is 35.5. The van der Waals surface area contributed by atoms with Crippen LogP contribution in [0.3, 0.4) is 0 Å². The highest BCUT2D eigenvalue weighted by molar-refractivity contribution is 6.30. The molecule has 0 radical (unpaired) electrons. The van der Waals surface area contributed by atoms with Crippen LogP contribution < -0.4 is 5.32 Å². The summed E-state index contributed by atoms with van der Waals surface area (Å²) in [6.07, 6.45) is 2.33.